The standard InChI is InChI=1S/C25H22N4O4S/c1-18-7-6-10-21(17-18)29-16-15-23(30)24(27-29)25(31)26-19-11-13-22(14-12-19)34(32,33)28(2)20-8-4-3-5-9-20/h3-17H,1-2H3,(H,26,31). The SMILES string of the molecule is Cc1cccc(-n2ccc(=O)c(C(=O)Nc3ccc(S(=O)(=O)N(C)c4ccccc4)cc3)n2)c1. The minimum absolute atomic E-state index is 0.0662. The molecule has 8 nitrogen and oxygen atoms in total. The minimum Gasteiger partial charge on any atom is -0.320 e. The van der Waals surface area contributed by atoms with E-state index in [4.69, 9.17) is 0 Å². The number of rotatable bonds is 6. The van der Waals surface area contributed by atoms with Crippen LogP contribution in [0.25, 0.3) is 5.69 Å². The molecule has 4 rings (SSSR count). The molecule has 3 aromatic carbocycles. The molecule has 0 saturated carbocycles. The van der Waals surface area contributed by atoms with Crippen LogP contribution < -0.4 is 15.1 Å². The number of sulfonamides is 1. The molecule has 0 atom stereocenters. The fourth-order valence-corrected chi connectivity index (χ4v) is 4.51. The Kier molecular flexibility index (Phi) is 6.29. The van der Waals surface area contributed by atoms with Crippen molar-refractivity contribution < 1.29 is 13.2 Å². The summed E-state index contributed by atoms with van der Waals surface area (Å²) in [5, 5.41) is 6.79. The number of aryl methyl sites for hydroxylation is 1. The Morgan fingerprint density at radius 1 is 0.941 bits per heavy atom. The van der Waals surface area contributed by atoms with Gasteiger partial charge in [-0.2, -0.15) is 5.10 Å². The van der Waals surface area contributed by atoms with Crippen LogP contribution in [0.4, 0.5) is 11.4 Å². The smallest absolute Gasteiger partial charge is 0.280 e. The van der Waals surface area contributed by atoms with Gasteiger partial charge >= 0.3 is 0 Å². The van der Waals surface area contributed by atoms with Gasteiger partial charge in [-0.25, -0.2) is 13.1 Å². The molecule has 4 aromatic rings. The molecule has 1 heterocycles. The lowest BCUT2D eigenvalue weighted by Gasteiger charge is -2.19. The zero-order valence-corrected chi connectivity index (χ0v) is 19.4. The minimum atomic E-state index is -3.78. The number of amides is 1. The molecule has 34 heavy (non-hydrogen) atoms. The van der Waals surface area contributed by atoms with Gasteiger partial charge in [-0.05, 0) is 61.0 Å². The average Bonchev–Trinajstić information content (AvgIpc) is 2.84. The average molecular weight is 475 g/mol. The lowest BCUT2D eigenvalue weighted by molar-refractivity contribution is 0.101. The lowest BCUT2D eigenvalue weighted by atomic mass is 10.2. The molecule has 1 N–H and O–H groups in total. The van der Waals surface area contributed by atoms with Crippen molar-refractivity contribution in [2.24, 2.45) is 0 Å². The number of anilines is 2. The van der Waals surface area contributed by atoms with Gasteiger partial charge in [0, 0.05) is 25.0 Å². The van der Waals surface area contributed by atoms with Gasteiger partial charge in [0.1, 0.15) is 0 Å². The van der Waals surface area contributed by atoms with E-state index in [0.29, 0.717) is 17.1 Å². The molecule has 0 saturated heterocycles. The van der Waals surface area contributed by atoms with Gasteiger partial charge in [0.25, 0.3) is 15.9 Å². The highest BCUT2D eigenvalue weighted by Gasteiger charge is 2.21. The molecule has 0 fully saturated rings. The summed E-state index contributed by atoms with van der Waals surface area (Å²) >= 11 is 0. The summed E-state index contributed by atoms with van der Waals surface area (Å²) < 4.78 is 28.5. The van der Waals surface area contributed by atoms with Crippen molar-refractivity contribution in [3.63, 3.8) is 0 Å². The molecule has 0 bridgehead atoms. The number of aromatic nitrogens is 2. The van der Waals surface area contributed by atoms with Gasteiger partial charge in [-0.3, -0.25) is 13.9 Å². The molecule has 9 heteroatoms. The molecule has 0 radical (unpaired) electrons. The highest BCUT2D eigenvalue weighted by Crippen LogP contribution is 2.23. The van der Waals surface area contributed by atoms with Gasteiger partial charge in [-0.15, -0.1) is 0 Å². The Labute approximate surface area is 197 Å². The Bertz CT molecular complexity index is 1500. The van der Waals surface area contributed by atoms with Gasteiger partial charge < -0.3 is 5.32 Å². The topological polar surface area (TPSA) is 101 Å². The first-order valence-electron chi connectivity index (χ1n) is 10.4. The van der Waals surface area contributed by atoms with E-state index in [0.717, 1.165) is 5.56 Å². The molecule has 0 aliphatic carbocycles. The third kappa shape index (κ3) is 4.74. The molecule has 0 aliphatic heterocycles. The number of hydrogen-bond acceptors (Lipinski definition) is 5. The van der Waals surface area contributed by atoms with E-state index in [-0.39, 0.29) is 10.6 Å². The van der Waals surface area contributed by atoms with Crippen molar-refractivity contribution in [3.8, 4) is 5.69 Å². The van der Waals surface area contributed by atoms with E-state index in [9.17, 15) is 18.0 Å². The summed E-state index contributed by atoms with van der Waals surface area (Å²) in [6.07, 6.45) is 1.50. The van der Waals surface area contributed by atoms with E-state index in [1.165, 1.54) is 52.6 Å². The number of benzene rings is 3. The first-order valence-corrected chi connectivity index (χ1v) is 11.8. The quantitative estimate of drug-likeness (QED) is 0.460. The Morgan fingerprint density at radius 3 is 2.32 bits per heavy atom. The van der Waals surface area contributed by atoms with Crippen LogP contribution in [0, 0.1) is 6.92 Å². The number of carbonyl (C=O) groups is 1. The highest BCUT2D eigenvalue weighted by atomic mass is 32.2. The predicted octanol–water partition coefficient (Wildman–Crippen LogP) is 3.62. The Balaban J connectivity index is 1.54. The molecule has 0 aliphatic rings. The molecule has 172 valence electrons. The molecule has 1 amide bonds. The zero-order chi connectivity index (χ0) is 24.3. The second kappa shape index (κ2) is 9.32. The van der Waals surface area contributed by atoms with Crippen molar-refractivity contribution in [1.82, 2.24) is 9.78 Å². The van der Waals surface area contributed by atoms with Crippen LogP contribution >= 0.6 is 0 Å². The molecule has 1 aromatic heterocycles. The summed E-state index contributed by atoms with van der Waals surface area (Å²) in [5.41, 5.74) is 1.79. The van der Waals surface area contributed by atoms with Crippen molar-refractivity contribution in [1.29, 1.82) is 0 Å². The van der Waals surface area contributed by atoms with Crippen molar-refractivity contribution in [2.75, 3.05) is 16.7 Å². The number of hydrogen-bond donors (Lipinski definition) is 1. The fraction of sp³-hybridized carbons (Fsp3) is 0.0800. The molecular weight excluding hydrogens is 452 g/mol. The Hall–Kier alpha value is -4.24. The molecular formula is C25H22N4O4S. The van der Waals surface area contributed by atoms with Crippen LogP contribution in [0.15, 0.2) is 101 Å². The lowest BCUT2D eigenvalue weighted by Crippen LogP contribution is -2.27. The number of nitrogens with one attached hydrogen (secondary N) is 1. The first-order chi connectivity index (χ1) is 16.3. The maximum absolute atomic E-state index is 12.9. The van der Waals surface area contributed by atoms with Crippen LogP contribution in [-0.4, -0.2) is 31.2 Å². The summed E-state index contributed by atoms with van der Waals surface area (Å²) in [7, 11) is -2.31. The third-order valence-electron chi connectivity index (χ3n) is 5.18. The van der Waals surface area contributed by atoms with Crippen LogP contribution in [0.2, 0.25) is 0 Å². The van der Waals surface area contributed by atoms with Gasteiger partial charge in [0.05, 0.1) is 16.3 Å². The maximum Gasteiger partial charge on any atom is 0.280 e. The maximum atomic E-state index is 12.9. The van der Waals surface area contributed by atoms with E-state index < -0.39 is 21.4 Å². The second-order valence-corrected chi connectivity index (χ2v) is 9.57. The predicted molar refractivity (Wildman–Crippen MR) is 131 cm³/mol. The van der Waals surface area contributed by atoms with Crippen molar-refractivity contribution in [2.45, 2.75) is 11.8 Å². The largest absolute Gasteiger partial charge is 0.320 e. The van der Waals surface area contributed by atoms with E-state index >= 15 is 0 Å². The Morgan fingerprint density at radius 2 is 1.65 bits per heavy atom. The summed E-state index contributed by atoms with van der Waals surface area (Å²) in [4.78, 5) is 25.1. The van der Waals surface area contributed by atoms with Crippen LogP contribution in [0.5, 0.6) is 0 Å². The van der Waals surface area contributed by atoms with E-state index in [2.05, 4.69) is 10.4 Å². The summed E-state index contributed by atoms with van der Waals surface area (Å²) in [5.74, 6) is -0.691. The van der Waals surface area contributed by atoms with Crippen LogP contribution in [-0.2, 0) is 10.0 Å². The van der Waals surface area contributed by atoms with Crippen LogP contribution in [0.1, 0.15) is 16.1 Å². The zero-order valence-electron chi connectivity index (χ0n) is 18.5. The summed E-state index contributed by atoms with van der Waals surface area (Å²) in [6.45, 7) is 1.93. The van der Waals surface area contributed by atoms with Crippen molar-refractivity contribution >= 4 is 27.3 Å². The number of carbonyl (C=O) groups excluding carboxylic acids is 1. The molecule has 0 spiro atoms. The molecule has 0 unspecified atom stereocenters. The fourth-order valence-electron chi connectivity index (χ4n) is 3.31. The van der Waals surface area contributed by atoms with E-state index in [1.807, 2.05) is 31.2 Å². The first kappa shape index (κ1) is 22.9. The van der Waals surface area contributed by atoms with Gasteiger partial charge in [-0.1, -0.05) is 30.3 Å². The second-order valence-electron chi connectivity index (χ2n) is 7.60. The van der Waals surface area contributed by atoms with Crippen molar-refractivity contribution in [3.05, 3.63) is 113 Å². The normalized spacial score (nSPS) is 11.1. The highest BCUT2D eigenvalue weighted by molar-refractivity contribution is 7.92. The summed E-state index contributed by atoms with van der Waals surface area (Å²) in [6, 6.07) is 23.2. The third-order valence-corrected chi connectivity index (χ3v) is 6.98. The van der Waals surface area contributed by atoms with Gasteiger partial charge in [0.15, 0.2) is 5.69 Å². The van der Waals surface area contributed by atoms with Crippen LogP contribution in [0.3, 0.4) is 0 Å². The monoisotopic (exact) mass is 474 g/mol. The number of para-hydroxylation sites is 1. The van der Waals surface area contributed by atoms with E-state index in [1.54, 1.807) is 30.3 Å². The number of nitrogens with zero attached hydrogens (tertiary/aromatic N) is 3. The van der Waals surface area contributed by atoms with Gasteiger partial charge in [0.2, 0.25) is 5.43 Å².